The van der Waals surface area contributed by atoms with E-state index in [1.165, 1.54) is 4.57 Å². The number of ether oxygens (including phenoxy) is 1. The molecule has 1 amide bonds. The van der Waals surface area contributed by atoms with Crippen molar-refractivity contribution in [1.29, 1.82) is 0 Å². The van der Waals surface area contributed by atoms with Crippen molar-refractivity contribution in [2.45, 2.75) is 39.5 Å². The second-order valence-corrected chi connectivity index (χ2v) is 11.0. The van der Waals surface area contributed by atoms with Crippen molar-refractivity contribution < 1.29 is 14.6 Å². The van der Waals surface area contributed by atoms with Crippen LogP contribution < -0.4 is 5.56 Å². The third-order valence-corrected chi connectivity index (χ3v) is 6.71. The number of rotatable bonds is 4. The molecule has 0 saturated carbocycles. The van der Waals surface area contributed by atoms with Crippen molar-refractivity contribution in [3.8, 4) is 5.75 Å². The van der Waals surface area contributed by atoms with Crippen LogP contribution >= 0.6 is 45.2 Å². The smallest absolute Gasteiger partial charge is 0.410 e. The van der Waals surface area contributed by atoms with Crippen LogP contribution in [-0.4, -0.2) is 57.3 Å². The number of carbonyl (C=O) groups is 1. The highest BCUT2D eigenvalue weighted by Crippen LogP contribution is 2.19. The van der Waals surface area contributed by atoms with Crippen LogP contribution in [0.2, 0.25) is 0 Å². The van der Waals surface area contributed by atoms with E-state index in [-0.39, 0.29) is 17.4 Å². The van der Waals surface area contributed by atoms with Gasteiger partial charge in [0.2, 0.25) is 0 Å². The molecular formula is C22H27I2N3O4. The maximum absolute atomic E-state index is 12.7. The van der Waals surface area contributed by atoms with Crippen LogP contribution in [0.1, 0.15) is 31.9 Å². The van der Waals surface area contributed by atoms with Crippen molar-refractivity contribution in [2.24, 2.45) is 0 Å². The number of aromatic nitrogens is 1. The molecule has 1 aliphatic rings. The number of benzene rings is 1. The lowest BCUT2D eigenvalue weighted by Gasteiger charge is -2.35. The lowest BCUT2D eigenvalue weighted by Crippen LogP contribution is -2.49. The Morgan fingerprint density at radius 1 is 1.06 bits per heavy atom. The number of carbonyl (C=O) groups excluding carboxylic acids is 1. The Morgan fingerprint density at radius 3 is 2.39 bits per heavy atom. The van der Waals surface area contributed by atoms with Gasteiger partial charge in [-0.1, -0.05) is 0 Å². The highest BCUT2D eigenvalue weighted by atomic mass is 127. The molecule has 9 heteroatoms. The van der Waals surface area contributed by atoms with Crippen molar-refractivity contribution in [2.75, 3.05) is 26.2 Å². The number of halogens is 2. The van der Waals surface area contributed by atoms with E-state index in [1.807, 2.05) is 39.0 Å². The van der Waals surface area contributed by atoms with Gasteiger partial charge in [-0.15, -0.1) is 0 Å². The molecule has 2 aromatic rings. The zero-order valence-electron chi connectivity index (χ0n) is 17.9. The summed E-state index contributed by atoms with van der Waals surface area (Å²) in [5.41, 5.74) is 0.740. The predicted octanol–water partition coefficient (Wildman–Crippen LogP) is 3.86. The number of nitrogens with zero attached hydrogens (tertiary/aromatic N) is 3. The van der Waals surface area contributed by atoms with E-state index in [0.29, 0.717) is 44.8 Å². The van der Waals surface area contributed by atoms with Crippen molar-refractivity contribution >= 4 is 51.3 Å². The molecule has 1 aliphatic heterocycles. The van der Waals surface area contributed by atoms with Crippen molar-refractivity contribution in [3.05, 3.63) is 59.1 Å². The van der Waals surface area contributed by atoms with E-state index in [4.69, 9.17) is 4.74 Å². The molecule has 0 atom stereocenters. The van der Waals surface area contributed by atoms with Crippen LogP contribution in [0.3, 0.4) is 0 Å². The van der Waals surface area contributed by atoms with Crippen molar-refractivity contribution in [3.63, 3.8) is 0 Å². The van der Waals surface area contributed by atoms with Gasteiger partial charge in [0.1, 0.15) is 5.60 Å². The van der Waals surface area contributed by atoms with Gasteiger partial charge in [0, 0.05) is 51.6 Å². The molecule has 0 aliphatic carbocycles. The lowest BCUT2D eigenvalue weighted by molar-refractivity contribution is 0.0138. The van der Waals surface area contributed by atoms with Gasteiger partial charge in [0.15, 0.2) is 5.75 Å². The molecule has 1 saturated heterocycles. The third-order valence-electron chi connectivity index (χ3n) is 4.99. The molecule has 0 unspecified atom stereocenters. The second-order valence-electron chi connectivity index (χ2n) is 8.60. The highest BCUT2D eigenvalue weighted by molar-refractivity contribution is 14.1. The maximum Gasteiger partial charge on any atom is 0.410 e. The van der Waals surface area contributed by atoms with Gasteiger partial charge in [0.05, 0.1) is 6.54 Å². The maximum atomic E-state index is 12.7. The molecule has 1 fully saturated rings. The summed E-state index contributed by atoms with van der Waals surface area (Å²) >= 11 is 4.51. The normalized spacial score (nSPS) is 15.2. The largest absolute Gasteiger partial charge is 0.503 e. The molecule has 1 aromatic carbocycles. The van der Waals surface area contributed by atoms with Crippen LogP contribution in [0, 0.1) is 7.14 Å². The number of hydrogen-bond donors (Lipinski definition) is 1. The van der Waals surface area contributed by atoms with Crippen LogP contribution in [0.4, 0.5) is 4.79 Å². The number of aromatic hydroxyl groups is 1. The highest BCUT2D eigenvalue weighted by Gasteiger charge is 2.26. The Labute approximate surface area is 209 Å². The van der Waals surface area contributed by atoms with Crippen molar-refractivity contribution in [1.82, 2.24) is 14.4 Å². The predicted molar refractivity (Wildman–Crippen MR) is 136 cm³/mol. The Hall–Kier alpha value is -1.34. The summed E-state index contributed by atoms with van der Waals surface area (Å²) in [5, 5.41) is 10.5. The number of amides is 1. The molecular weight excluding hydrogens is 624 g/mol. The molecule has 168 valence electrons. The average Bonchev–Trinajstić information content (AvgIpc) is 2.69. The van der Waals surface area contributed by atoms with Gasteiger partial charge in [-0.05, 0) is 95.8 Å². The summed E-state index contributed by atoms with van der Waals surface area (Å²) in [7, 11) is 0. The van der Waals surface area contributed by atoms with Crippen LogP contribution in [-0.2, 0) is 17.8 Å². The van der Waals surface area contributed by atoms with Crippen LogP contribution in [0.25, 0.3) is 0 Å². The SMILES string of the molecule is CC(C)(C)OC(=O)N1CCN(Cc2ccn(Cc3cc(I)ccc3I)c(=O)c2O)CC1. The average molecular weight is 651 g/mol. The summed E-state index contributed by atoms with van der Waals surface area (Å²) in [4.78, 5) is 28.8. The topological polar surface area (TPSA) is 75.0 Å². The molecule has 0 spiro atoms. The van der Waals surface area contributed by atoms with Gasteiger partial charge in [-0.25, -0.2) is 4.79 Å². The van der Waals surface area contributed by atoms with Crippen LogP contribution in [0.5, 0.6) is 5.75 Å². The van der Waals surface area contributed by atoms with Gasteiger partial charge in [-0.2, -0.15) is 0 Å². The van der Waals surface area contributed by atoms with E-state index < -0.39 is 5.60 Å². The fourth-order valence-electron chi connectivity index (χ4n) is 3.36. The molecule has 0 bridgehead atoms. The first kappa shape index (κ1) is 24.3. The van der Waals surface area contributed by atoms with E-state index in [2.05, 4.69) is 50.1 Å². The summed E-state index contributed by atoms with van der Waals surface area (Å²) in [6.45, 7) is 8.85. The molecule has 1 N–H and O–H groups in total. The lowest BCUT2D eigenvalue weighted by atomic mass is 10.2. The molecule has 0 radical (unpaired) electrons. The molecule has 3 rings (SSSR count). The molecule has 1 aromatic heterocycles. The first-order valence-electron chi connectivity index (χ1n) is 10.1. The molecule has 2 heterocycles. The van der Waals surface area contributed by atoms with Gasteiger partial charge < -0.3 is 19.3 Å². The summed E-state index contributed by atoms with van der Waals surface area (Å²) < 4.78 is 9.15. The van der Waals surface area contributed by atoms with E-state index in [0.717, 1.165) is 12.7 Å². The van der Waals surface area contributed by atoms with Gasteiger partial charge in [-0.3, -0.25) is 9.69 Å². The summed E-state index contributed by atoms with van der Waals surface area (Å²) in [6, 6.07) is 7.90. The zero-order valence-corrected chi connectivity index (χ0v) is 22.2. The standard InChI is InChI=1S/C22H27I2N3O4/c1-22(2,3)31-21(30)26-10-8-25(9-11-26)13-15-6-7-27(20(29)19(15)28)14-16-12-17(23)4-5-18(16)24/h4-7,12,28H,8-11,13-14H2,1-3H3. The monoisotopic (exact) mass is 651 g/mol. The fourth-order valence-corrected chi connectivity index (χ4v) is 4.42. The quantitative estimate of drug-likeness (QED) is 0.509. The zero-order chi connectivity index (χ0) is 22.8. The Bertz CT molecular complexity index is 1010. The number of pyridine rings is 1. The number of hydrogen-bond acceptors (Lipinski definition) is 5. The molecule has 31 heavy (non-hydrogen) atoms. The van der Waals surface area contributed by atoms with E-state index in [1.54, 1.807) is 17.2 Å². The Balaban J connectivity index is 1.63. The first-order chi connectivity index (χ1) is 14.5. The minimum absolute atomic E-state index is 0.210. The van der Waals surface area contributed by atoms with Crippen LogP contribution in [0.15, 0.2) is 35.3 Å². The minimum atomic E-state index is -0.514. The fraction of sp³-hybridized carbons (Fsp3) is 0.455. The Morgan fingerprint density at radius 2 is 1.74 bits per heavy atom. The Kier molecular flexibility index (Phi) is 7.90. The number of piperazine rings is 1. The summed E-state index contributed by atoms with van der Waals surface area (Å²) in [5.74, 6) is -0.210. The summed E-state index contributed by atoms with van der Waals surface area (Å²) in [6.07, 6.45) is 1.44. The van der Waals surface area contributed by atoms with Gasteiger partial charge >= 0.3 is 6.09 Å². The van der Waals surface area contributed by atoms with E-state index in [9.17, 15) is 14.7 Å². The first-order valence-corrected chi connectivity index (χ1v) is 12.2. The minimum Gasteiger partial charge on any atom is -0.503 e. The van der Waals surface area contributed by atoms with E-state index >= 15 is 0 Å². The molecule has 7 nitrogen and oxygen atoms in total. The second kappa shape index (κ2) is 10.1. The van der Waals surface area contributed by atoms with Gasteiger partial charge in [0.25, 0.3) is 5.56 Å². The third kappa shape index (κ3) is 6.58.